The summed E-state index contributed by atoms with van der Waals surface area (Å²) in [4.78, 5) is 17.3. The number of nitrogens with one attached hydrogen (secondary N) is 2. The van der Waals surface area contributed by atoms with Gasteiger partial charge in [0.15, 0.2) is 0 Å². The first-order valence-corrected chi connectivity index (χ1v) is 9.95. The fourth-order valence-electron chi connectivity index (χ4n) is 3.35. The average Bonchev–Trinajstić information content (AvgIpc) is 3.19. The van der Waals surface area contributed by atoms with E-state index in [1.165, 1.54) is 5.56 Å². The fourth-order valence-corrected chi connectivity index (χ4v) is 3.35. The first-order chi connectivity index (χ1) is 13.5. The Bertz CT molecular complexity index is 817. The third-order valence-corrected chi connectivity index (χ3v) is 4.82. The summed E-state index contributed by atoms with van der Waals surface area (Å²) < 4.78 is 5.66. The van der Waals surface area contributed by atoms with Crippen molar-refractivity contribution in [1.29, 1.82) is 0 Å². The molecule has 0 radical (unpaired) electrons. The van der Waals surface area contributed by atoms with Gasteiger partial charge in [0, 0.05) is 17.9 Å². The number of aryl methyl sites for hydroxylation is 3. The summed E-state index contributed by atoms with van der Waals surface area (Å²) in [5, 5.41) is 6.20. The maximum atomic E-state index is 12.7. The van der Waals surface area contributed by atoms with E-state index in [4.69, 9.17) is 4.74 Å². The summed E-state index contributed by atoms with van der Waals surface area (Å²) in [6, 6.07) is 13.9. The Morgan fingerprint density at radius 2 is 1.86 bits per heavy atom. The van der Waals surface area contributed by atoms with Crippen LogP contribution in [0.4, 0.5) is 5.69 Å². The summed E-state index contributed by atoms with van der Waals surface area (Å²) in [7, 11) is 0. The van der Waals surface area contributed by atoms with Crippen LogP contribution in [0.1, 0.15) is 46.8 Å². The van der Waals surface area contributed by atoms with Gasteiger partial charge in [-0.15, -0.1) is 0 Å². The van der Waals surface area contributed by atoms with Crippen molar-refractivity contribution in [2.45, 2.75) is 46.1 Å². The number of hydrogen-bond acceptors (Lipinski definition) is 3. The molecule has 0 saturated carbocycles. The molecule has 0 aromatic heterocycles. The molecule has 0 unspecified atom stereocenters. The lowest BCUT2D eigenvalue weighted by atomic mass is 10.1. The van der Waals surface area contributed by atoms with E-state index < -0.39 is 0 Å². The second kappa shape index (κ2) is 9.51. The molecule has 2 N–H and O–H groups in total. The maximum absolute atomic E-state index is 12.7. The smallest absolute Gasteiger partial charge is 0.257 e. The predicted octanol–water partition coefficient (Wildman–Crippen LogP) is 4.24. The molecular weight excluding hydrogens is 350 g/mol. The first-order valence-electron chi connectivity index (χ1n) is 9.95. The van der Waals surface area contributed by atoms with E-state index in [-0.39, 0.29) is 12.0 Å². The SMILES string of the molecule is CCc1ccc(C(=O)NC(=NC[C@@H]2CCCO2)Nc2cc(C)cc(C)c2)cc1. The minimum atomic E-state index is -0.175. The minimum absolute atomic E-state index is 0.122. The Labute approximate surface area is 167 Å². The van der Waals surface area contributed by atoms with Gasteiger partial charge in [-0.3, -0.25) is 10.1 Å². The van der Waals surface area contributed by atoms with Crippen molar-refractivity contribution < 1.29 is 9.53 Å². The average molecular weight is 380 g/mol. The van der Waals surface area contributed by atoms with Crippen LogP contribution in [-0.4, -0.2) is 31.1 Å². The molecule has 0 spiro atoms. The molecule has 1 amide bonds. The lowest BCUT2D eigenvalue weighted by Crippen LogP contribution is -2.36. The predicted molar refractivity (Wildman–Crippen MR) is 114 cm³/mol. The summed E-state index contributed by atoms with van der Waals surface area (Å²) in [6.07, 6.45) is 3.14. The minimum Gasteiger partial charge on any atom is -0.376 e. The van der Waals surface area contributed by atoms with Crippen LogP contribution in [0, 0.1) is 13.8 Å². The summed E-state index contributed by atoms with van der Waals surface area (Å²) in [5.74, 6) is 0.274. The zero-order valence-electron chi connectivity index (χ0n) is 16.9. The van der Waals surface area contributed by atoms with Gasteiger partial charge in [-0.1, -0.05) is 25.1 Å². The van der Waals surface area contributed by atoms with Gasteiger partial charge in [0.05, 0.1) is 12.6 Å². The van der Waals surface area contributed by atoms with E-state index in [1.807, 2.05) is 36.4 Å². The third-order valence-electron chi connectivity index (χ3n) is 4.82. The Kier molecular flexibility index (Phi) is 6.82. The molecule has 2 aromatic rings. The molecular formula is C23H29N3O2. The van der Waals surface area contributed by atoms with Crippen molar-refractivity contribution in [2.24, 2.45) is 4.99 Å². The topological polar surface area (TPSA) is 62.7 Å². The molecule has 28 heavy (non-hydrogen) atoms. The van der Waals surface area contributed by atoms with Crippen LogP contribution < -0.4 is 10.6 Å². The highest BCUT2D eigenvalue weighted by Crippen LogP contribution is 2.15. The monoisotopic (exact) mass is 379 g/mol. The van der Waals surface area contributed by atoms with E-state index in [0.717, 1.165) is 42.7 Å². The number of nitrogens with zero attached hydrogens (tertiary/aromatic N) is 1. The van der Waals surface area contributed by atoms with E-state index in [9.17, 15) is 4.79 Å². The van der Waals surface area contributed by atoms with E-state index in [0.29, 0.717) is 18.1 Å². The van der Waals surface area contributed by atoms with Gasteiger partial charge in [-0.25, -0.2) is 4.99 Å². The Morgan fingerprint density at radius 3 is 2.46 bits per heavy atom. The molecule has 2 aromatic carbocycles. The Hall–Kier alpha value is -2.66. The van der Waals surface area contributed by atoms with Crippen molar-refractivity contribution >= 4 is 17.6 Å². The van der Waals surface area contributed by atoms with Crippen molar-refractivity contribution in [3.63, 3.8) is 0 Å². The number of rotatable bonds is 5. The number of amides is 1. The van der Waals surface area contributed by atoms with Gasteiger partial charge in [0.2, 0.25) is 5.96 Å². The first kappa shape index (κ1) is 20.1. The molecule has 5 heteroatoms. The molecule has 0 aliphatic carbocycles. The van der Waals surface area contributed by atoms with Crippen LogP contribution in [0.3, 0.4) is 0 Å². The highest BCUT2D eigenvalue weighted by atomic mass is 16.5. The second-order valence-corrected chi connectivity index (χ2v) is 7.33. The number of carbonyl (C=O) groups excluding carboxylic acids is 1. The lowest BCUT2D eigenvalue weighted by Gasteiger charge is -2.14. The fraction of sp³-hybridized carbons (Fsp3) is 0.391. The summed E-state index contributed by atoms with van der Waals surface area (Å²) in [5.41, 5.74) is 5.04. The summed E-state index contributed by atoms with van der Waals surface area (Å²) >= 11 is 0. The van der Waals surface area contributed by atoms with Crippen LogP contribution in [-0.2, 0) is 11.2 Å². The van der Waals surface area contributed by atoms with Gasteiger partial charge in [-0.2, -0.15) is 0 Å². The van der Waals surface area contributed by atoms with Gasteiger partial charge in [0.25, 0.3) is 5.91 Å². The second-order valence-electron chi connectivity index (χ2n) is 7.33. The number of benzene rings is 2. The Morgan fingerprint density at radius 1 is 1.14 bits per heavy atom. The number of ether oxygens (including phenoxy) is 1. The molecule has 1 atom stereocenters. The van der Waals surface area contributed by atoms with E-state index in [2.05, 4.69) is 42.5 Å². The number of carbonyl (C=O) groups is 1. The number of anilines is 1. The van der Waals surface area contributed by atoms with Gasteiger partial charge in [-0.05, 0) is 74.1 Å². The van der Waals surface area contributed by atoms with E-state index >= 15 is 0 Å². The van der Waals surface area contributed by atoms with Crippen LogP contribution in [0.2, 0.25) is 0 Å². The molecule has 5 nitrogen and oxygen atoms in total. The molecule has 1 fully saturated rings. The number of aliphatic imine (C=N–C) groups is 1. The van der Waals surface area contributed by atoms with Crippen molar-refractivity contribution in [2.75, 3.05) is 18.5 Å². The van der Waals surface area contributed by atoms with Gasteiger partial charge >= 0.3 is 0 Å². The van der Waals surface area contributed by atoms with E-state index in [1.54, 1.807) is 0 Å². The maximum Gasteiger partial charge on any atom is 0.257 e. The third kappa shape index (κ3) is 5.67. The number of hydrogen-bond donors (Lipinski definition) is 2. The molecule has 3 rings (SSSR count). The van der Waals surface area contributed by atoms with Gasteiger partial charge in [0.1, 0.15) is 0 Å². The lowest BCUT2D eigenvalue weighted by molar-refractivity contribution is 0.0975. The molecule has 1 heterocycles. The highest BCUT2D eigenvalue weighted by Gasteiger charge is 2.16. The Balaban J connectivity index is 1.75. The van der Waals surface area contributed by atoms with Crippen molar-refractivity contribution in [3.8, 4) is 0 Å². The zero-order valence-corrected chi connectivity index (χ0v) is 16.9. The number of guanidine groups is 1. The van der Waals surface area contributed by atoms with Crippen molar-refractivity contribution in [3.05, 3.63) is 64.7 Å². The molecule has 0 bridgehead atoms. The standard InChI is InChI=1S/C23H29N3O2/c1-4-18-7-9-19(10-8-18)22(27)26-23(24-15-21-6-5-11-28-21)25-20-13-16(2)12-17(3)14-20/h7-10,12-14,21H,4-6,11,15H2,1-3H3,(H2,24,25,26,27)/t21-/m0/s1. The zero-order chi connectivity index (χ0) is 19.9. The largest absolute Gasteiger partial charge is 0.376 e. The van der Waals surface area contributed by atoms with Crippen LogP contribution >= 0.6 is 0 Å². The highest BCUT2D eigenvalue weighted by molar-refractivity contribution is 6.10. The van der Waals surface area contributed by atoms with Crippen LogP contribution in [0.15, 0.2) is 47.5 Å². The van der Waals surface area contributed by atoms with Crippen LogP contribution in [0.25, 0.3) is 0 Å². The van der Waals surface area contributed by atoms with Crippen LogP contribution in [0.5, 0.6) is 0 Å². The van der Waals surface area contributed by atoms with Crippen molar-refractivity contribution in [1.82, 2.24) is 5.32 Å². The van der Waals surface area contributed by atoms with Gasteiger partial charge < -0.3 is 10.1 Å². The molecule has 1 aliphatic heterocycles. The normalized spacial score (nSPS) is 16.8. The molecule has 1 aliphatic rings. The quantitative estimate of drug-likeness (QED) is 0.603. The summed E-state index contributed by atoms with van der Waals surface area (Å²) in [6.45, 7) is 7.52. The molecule has 148 valence electrons. The molecule has 1 saturated heterocycles.